The highest BCUT2D eigenvalue weighted by molar-refractivity contribution is 4.97. The van der Waals surface area contributed by atoms with Gasteiger partial charge in [-0.15, -0.1) is 0 Å². The molecule has 0 radical (unpaired) electrons. The van der Waals surface area contributed by atoms with Crippen molar-refractivity contribution in [1.29, 1.82) is 0 Å². The van der Waals surface area contributed by atoms with Gasteiger partial charge in [-0.05, 0) is 0 Å². The van der Waals surface area contributed by atoms with Crippen LogP contribution in [0, 0.1) is 0 Å². The van der Waals surface area contributed by atoms with Gasteiger partial charge in [-0.1, -0.05) is 0 Å². The average molecular weight is 213 g/mol. The molecule has 0 atom stereocenters. The van der Waals surface area contributed by atoms with Gasteiger partial charge in [0.25, 0.3) is 0 Å². The van der Waals surface area contributed by atoms with Crippen molar-refractivity contribution in [3.63, 3.8) is 0 Å². The van der Waals surface area contributed by atoms with Crippen LogP contribution in [0.3, 0.4) is 0 Å². The summed E-state index contributed by atoms with van der Waals surface area (Å²) in [6.45, 7) is -0.712. The van der Waals surface area contributed by atoms with Gasteiger partial charge in [-0.2, -0.15) is 0 Å². The molecule has 4 N–H and O–H groups in total. The number of hydrogen-bond acceptors (Lipinski definition) is 6. The SMILES string of the molecule is OCC(CO)(CO)NCc1cnccn1. The molecule has 0 saturated carbocycles. The Morgan fingerprint density at radius 1 is 1.13 bits per heavy atom. The molecule has 6 heteroatoms. The van der Waals surface area contributed by atoms with Gasteiger partial charge in [0.1, 0.15) is 0 Å². The van der Waals surface area contributed by atoms with E-state index in [9.17, 15) is 0 Å². The van der Waals surface area contributed by atoms with Crippen molar-refractivity contribution in [2.75, 3.05) is 19.8 Å². The summed E-state index contributed by atoms with van der Waals surface area (Å²) >= 11 is 0. The molecule has 0 spiro atoms. The summed E-state index contributed by atoms with van der Waals surface area (Å²) in [6, 6.07) is 0. The fraction of sp³-hybridized carbons (Fsp3) is 0.556. The molecule has 0 aromatic carbocycles. The van der Waals surface area contributed by atoms with E-state index in [2.05, 4.69) is 15.3 Å². The van der Waals surface area contributed by atoms with Crippen molar-refractivity contribution in [2.45, 2.75) is 12.1 Å². The third-order valence-electron chi connectivity index (χ3n) is 2.17. The summed E-state index contributed by atoms with van der Waals surface area (Å²) in [5, 5.41) is 30.0. The van der Waals surface area contributed by atoms with Gasteiger partial charge in [0, 0.05) is 25.1 Å². The second-order valence-electron chi connectivity index (χ2n) is 3.30. The first-order valence-electron chi connectivity index (χ1n) is 4.59. The largest absolute Gasteiger partial charge is 0.394 e. The molecule has 1 aromatic rings. The second kappa shape index (κ2) is 5.72. The van der Waals surface area contributed by atoms with Crippen LogP contribution in [0.4, 0.5) is 0 Å². The minimum atomic E-state index is -1.07. The lowest BCUT2D eigenvalue weighted by atomic mass is 10.0. The van der Waals surface area contributed by atoms with Crippen molar-refractivity contribution < 1.29 is 15.3 Å². The molecule has 0 fully saturated rings. The van der Waals surface area contributed by atoms with Crippen molar-refractivity contribution >= 4 is 0 Å². The molecule has 0 aliphatic carbocycles. The number of aliphatic hydroxyl groups is 3. The standard InChI is InChI=1S/C9H15N3O3/c13-5-9(6-14,7-15)12-4-8-3-10-1-2-11-8/h1-3,12-15H,4-7H2. The van der Waals surface area contributed by atoms with E-state index < -0.39 is 5.54 Å². The zero-order valence-corrected chi connectivity index (χ0v) is 8.30. The molecular formula is C9H15N3O3. The van der Waals surface area contributed by atoms with E-state index in [1.54, 1.807) is 18.6 Å². The molecule has 1 aromatic heterocycles. The highest BCUT2D eigenvalue weighted by Crippen LogP contribution is 2.03. The van der Waals surface area contributed by atoms with Gasteiger partial charge in [0.05, 0.1) is 31.1 Å². The lowest BCUT2D eigenvalue weighted by Crippen LogP contribution is -2.54. The summed E-state index contributed by atoms with van der Waals surface area (Å²) in [4.78, 5) is 7.89. The van der Waals surface area contributed by atoms with E-state index >= 15 is 0 Å². The highest BCUT2D eigenvalue weighted by Gasteiger charge is 2.27. The lowest BCUT2D eigenvalue weighted by Gasteiger charge is -2.28. The summed E-state index contributed by atoms with van der Waals surface area (Å²) < 4.78 is 0. The smallest absolute Gasteiger partial charge is 0.0884 e. The van der Waals surface area contributed by atoms with Crippen LogP contribution >= 0.6 is 0 Å². The van der Waals surface area contributed by atoms with Crippen LogP contribution in [-0.2, 0) is 6.54 Å². The fourth-order valence-corrected chi connectivity index (χ4v) is 1.02. The quantitative estimate of drug-likeness (QED) is 0.449. The molecule has 0 bridgehead atoms. The van der Waals surface area contributed by atoms with Crippen LogP contribution < -0.4 is 5.32 Å². The third-order valence-corrected chi connectivity index (χ3v) is 2.17. The molecule has 0 aliphatic rings. The number of aromatic nitrogens is 2. The van der Waals surface area contributed by atoms with E-state index in [0.29, 0.717) is 12.2 Å². The summed E-state index contributed by atoms with van der Waals surface area (Å²) in [6.07, 6.45) is 4.68. The Hall–Kier alpha value is -1.08. The van der Waals surface area contributed by atoms with Crippen LogP contribution in [0.15, 0.2) is 18.6 Å². The molecule has 15 heavy (non-hydrogen) atoms. The summed E-state index contributed by atoms with van der Waals surface area (Å²) in [5.41, 5.74) is -0.394. The first kappa shape index (κ1) is 12.0. The molecule has 0 unspecified atom stereocenters. The lowest BCUT2D eigenvalue weighted by molar-refractivity contribution is 0.0411. The van der Waals surface area contributed by atoms with E-state index in [1.807, 2.05) is 0 Å². The Morgan fingerprint density at radius 2 is 1.80 bits per heavy atom. The molecule has 0 amide bonds. The first-order chi connectivity index (χ1) is 7.26. The maximum absolute atomic E-state index is 9.04. The Labute approximate surface area is 87.6 Å². The van der Waals surface area contributed by atoms with Crippen LogP contribution in [0.5, 0.6) is 0 Å². The van der Waals surface area contributed by atoms with Gasteiger partial charge in [-0.25, -0.2) is 0 Å². The predicted molar refractivity (Wildman–Crippen MR) is 52.9 cm³/mol. The van der Waals surface area contributed by atoms with Gasteiger partial charge >= 0.3 is 0 Å². The summed E-state index contributed by atoms with van der Waals surface area (Å²) in [5.74, 6) is 0. The zero-order chi connectivity index (χ0) is 11.1. The topological polar surface area (TPSA) is 98.5 Å². The summed E-state index contributed by atoms with van der Waals surface area (Å²) in [7, 11) is 0. The van der Waals surface area contributed by atoms with Crippen LogP contribution in [0.2, 0.25) is 0 Å². The minimum absolute atomic E-state index is 0.329. The van der Waals surface area contributed by atoms with Gasteiger partial charge in [0.2, 0.25) is 0 Å². The molecule has 0 aliphatic heterocycles. The Kier molecular flexibility index (Phi) is 4.57. The Balaban J connectivity index is 2.54. The van der Waals surface area contributed by atoms with Crippen LogP contribution in [-0.4, -0.2) is 50.6 Å². The second-order valence-corrected chi connectivity index (χ2v) is 3.30. The van der Waals surface area contributed by atoms with Crippen LogP contribution in [0.25, 0.3) is 0 Å². The Morgan fingerprint density at radius 3 is 2.27 bits per heavy atom. The predicted octanol–water partition coefficient (Wildman–Crippen LogP) is -1.72. The average Bonchev–Trinajstić information content (AvgIpc) is 2.33. The van der Waals surface area contributed by atoms with Crippen LogP contribution in [0.1, 0.15) is 5.69 Å². The van der Waals surface area contributed by atoms with Gasteiger partial charge in [-0.3, -0.25) is 15.3 Å². The maximum atomic E-state index is 9.04. The van der Waals surface area contributed by atoms with Crippen molar-refractivity contribution in [1.82, 2.24) is 15.3 Å². The normalized spacial score (nSPS) is 11.7. The fourth-order valence-electron chi connectivity index (χ4n) is 1.02. The molecule has 1 rings (SSSR count). The monoisotopic (exact) mass is 213 g/mol. The number of nitrogens with one attached hydrogen (secondary N) is 1. The van der Waals surface area contributed by atoms with E-state index in [0.717, 1.165) is 0 Å². The van der Waals surface area contributed by atoms with E-state index in [1.165, 1.54) is 0 Å². The van der Waals surface area contributed by atoms with Crippen molar-refractivity contribution in [3.8, 4) is 0 Å². The first-order valence-corrected chi connectivity index (χ1v) is 4.59. The third kappa shape index (κ3) is 3.21. The van der Waals surface area contributed by atoms with E-state index in [4.69, 9.17) is 15.3 Å². The molecule has 1 heterocycles. The zero-order valence-electron chi connectivity index (χ0n) is 8.30. The minimum Gasteiger partial charge on any atom is -0.394 e. The molecule has 84 valence electrons. The molecule has 0 saturated heterocycles. The van der Waals surface area contributed by atoms with Gasteiger partial charge in [0.15, 0.2) is 0 Å². The molecule has 6 nitrogen and oxygen atoms in total. The number of hydrogen-bond donors (Lipinski definition) is 4. The number of rotatable bonds is 6. The number of nitrogens with zero attached hydrogens (tertiary/aromatic N) is 2. The van der Waals surface area contributed by atoms with Gasteiger partial charge < -0.3 is 15.3 Å². The number of aliphatic hydroxyl groups excluding tert-OH is 3. The maximum Gasteiger partial charge on any atom is 0.0884 e. The van der Waals surface area contributed by atoms with Crippen molar-refractivity contribution in [3.05, 3.63) is 24.3 Å². The van der Waals surface area contributed by atoms with Crippen molar-refractivity contribution in [2.24, 2.45) is 0 Å². The highest BCUT2D eigenvalue weighted by atomic mass is 16.3. The Bertz CT molecular complexity index is 269. The molecular weight excluding hydrogens is 198 g/mol. The van der Waals surface area contributed by atoms with E-state index in [-0.39, 0.29) is 19.8 Å².